The van der Waals surface area contributed by atoms with Crippen LogP contribution in [0, 0.1) is 0 Å². The Hall–Kier alpha value is -2.41. The van der Waals surface area contributed by atoms with Crippen LogP contribution in [0.2, 0.25) is 0 Å². The van der Waals surface area contributed by atoms with E-state index in [4.69, 9.17) is 4.74 Å². The molecular formula is C14H17N5O2. The molecule has 2 aromatic heterocycles. The molecule has 3 heterocycles. The third-order valence-corrected chi connectivity index (χ3v) is 3.42. The van der Waals surface area contributed by atoms with Gasteiger partial charge in [-0.1, -0.05) is 0 Å². The van der Waals surface area contributed by atoms with Gasteiger partial charge in [-0.3, -0.25) is 14.9 Å². The molecule has 1 saturated heterocycles. The number of hydrogen-bond acceptors (Lipinski definition) is 5. The first-order chi connectivity index (χ1) is 10.3. The Morgan fingerprint density at radius 3 is 3.19 bits per heavy atom. The SMILES string of the molecule is O=C(COc1cccnc1)Nc1cn[nH]c1C1CCNC1. The number of anilines is 1. The summed E-state index contributed by atoms with van der Waals surface area (Å²) in [5.41, 5.74) is 1.69. The monoisotopic (exact) mass is 287 g/mol. The minimum atomic E-state index is -0.215. The number of aromatic amines is 1. The highest BCUT2D eigenvalue weighted by Crippen LogP contribution is 2.26. The standard InChI is InChI=1S/C14H17N5O2/c20-13(9-21-11-2-1-4-15-7-11)18-12-8-17-19-14(12)10-3-5-16-6-10/h1-2,4,7-8,10,16H,3,5-6,9H2,(H,17,19)(H,18,20). The molecule has 0 saturated carbocycles. The zero-order valence-corrected chi connectivity index (χ0v) is 11.5. The molecule has 21 heavy (non-hydrogen) atoms. The van der Waals surface area contributed by atoms with Gasteiger partial charge < -0.3 is 15.4 Å². The maximum Gasteiger partial charge on any atom is 0.262 e. The average molecular weight is 287 g/mol. The number of aromatic nitrogens is 3. The van der Waals surface area contributed by atoms with Crippen molar-refractivity contribution in [2.24, 2.45) is 0 Å². The first-order valence-electron chi connectivity index (χ1n) is 6.89. The molecule has 3 N–H and O–H groups in total. The molecule has 0 aliphatic carbocycles. The van der Waals surface area contributed by atoms with Crippen molar-refractivity contribution < 1.29 is 9.53 Å². The second-order valence-electron chi connectivity index (χ2n) is 4.91. The van der Waals surface area contributed by atoms with Crippen LogP contribution in [0.3, 0.4) is 0 Å². The lowest BCUT2D eigenvalue weighted by atomic mass is 10.0. The molecule has 0 radical (unpaired) electrons. The number of nitrogens with one attached hydrogen (secondary N) is 3. The normalized spacial score (nSPS) is 17.6. The van der Waals surface area contributed by atoms with Crippen molar-refractivity contribution >= 4 is 11.6 Å². The van der Waals surface area contributed by atoms with Gasteiger partial charge in [0.05, 0.1) is 23.8 Å². The molecule has 2 aromatic rings. The summed E-state index contributed by atoms with van der Waals surface area (Å²) >= 11 is 0. The number of amides is 1. The van der Waals surface area contributed by atoms with Gasteiger partial charge >= 0.3 is 0 Å². The summed E-state index contributed by atoms with van der Waals surface area (Å²) in [4.78, 5) is 15.9. The molecule has 110 valence electrons. The van der Waals surface area contributed by atoms with Gasteiger partial charge in [-0.15, -0.1) is 0 Å². The van der Waals surface area contributed by atoms with E-state index in [1.807, 2.05) is 0 Å². The summed E-state index contributed by atoms with van der Waals surface area (Å²) in [6.07, 6.45) is 5.90. The Morgan fingerprint density at radius 1 is 1.48 bits per heavy atom. The van der Waals surface area contributed by atoms with Gasteiger partial charge in [0.15, 0.2) is 6.61 Å². The van der Waals surface area contributed by atoms with Gasteiger partial charge in [0.1, 0.15) is 5.75 Å². The van der Waals surface area contributed by atoms with Gasteiger partial charge in [0.25, 0.3) is 5.91 Å². The zero-order valence-electron chi connectivity index (χ0n) is 11.5. The number of hydrogen-bond donors (Lipinski definition) is 3. The smallest absolute Gasteiger partial charge is 0.262 e. The van der Waals surface area contributed by atoms with E-state index in [-0.39, 0.29) is 12.5 Å². The Balaban J connectivity index is 1.56. The van der Waals surface area contributed by atoms with Gasteiger partial charge in [-0.25, -0.2) is 0 Å². The fraction of sp³-hybridized carbons (Fsp3) is 0.357. The number of nitrogens with zero attached hydrogens (tertiary/aromatic N) is 2. The lowest BCUT2D eigenvalue weighted by Crippen LogP contribution is -2.21. The van der Waals surface area contributed by atoms with E-state index in [2.05, 4.69) is 25.8 Å². The van der Waals surface area contributed by atoms with Crippen molar-refractivity contribution in [3.63, 3.8) is 0 Å². The highest BCUT2D eigenvalue weighted by atomic mass is 16.5. The maximum atomic E-state index is 11.9. The molecule has 1 aliphatic rings. The van der Waals surface area contributed by atoms with E-state index in [9.17, 15) is 4.79 Å². The van der Waals surface area contributed by atoms with Crippen molar-refractivity contribution in [1.82, 2.24) is 20.5 Å². The number of H-pyrrole nitrogens is 1. The third-order valence-electron chi connectivity index (χ3n) is 3.42. The van der Waals surface area contributed by atoms with Crippen LogP contribution in [0.25, 0.3) is 0 Å². The average Bonchev–Trinajstić information content (AvgIpc) is 3.17. The van der Waals surface area contributed by atoms with Crippen LogP contribution in [0.1, 0.15) is 18.0 Å². The van der Waals surface area contributed by atoms with Crippen molar-refractivity contribution in [2.75, 3.05) is 25.0 Å². The van der Waals surface area contributed by atoms with Gasteiger partial charge in [-0.2, -0.15) is 5.10 Å². The zero-order chi connectivity index (χ0) is 14.5. The predicted octanol–water partition coefficient (Wildman–Crippen LogP) is 0.899. The number of carbonyl (C=O) groups excluding carboxylic acids is 1. The Morgan fingerprint density at radius 2 is 2.43 bits per heavy atom. The molecule has 1 fully saturated rings. The van der Waals surface area contributed by atoms with Crippen LogP contribution in [-0.4, -0.2) is 40.8 Å². The second kappa shape index (κ2) is 6.36. The van der Waals surface area contributed by atoms with E-state index in [0.717, 1.165) is 30.9 Å². The van der Waals surface area contributed by atoms with Crippen LogP contribution < -0.4 is 15.4 Å². The molecule has 0 aromatic carbocycles. The largest absolute Gasteiger partial charge is 0.482 e. The predicted molar refractivity (Wildman–Crippen MR) is 77.2 cm³/mol. The fourth-order valence-electron chi connectivity index (χ4n) is 2.38. The van der Waals surface area contributed by atoms with Crippen molar-refractivity contribution in [2.45, 2.75) is 12.3 Å². The quantitative estimate of drug-likeness (QED) is 0.760. The van der Waals surface area contributed by atoms with Gasteiger partial charge in [0.2, 0.25) is 0 Å². The minimum absolute atomic E-state index is 0.0563. The molecule has 7 heteroatoms. The topological polar surface area (TPSA) is 91.9 Å². The first-order valence-corrected chi connectivity index (χ1v) is 6.89. The first kappa shape index (κ1) is 13.6. The van der Waals surface area contributed by atoms with Crippen molar-refractivity contribution in [1.29, 1.82) is 0 Å². The molecule has 0 spiro atoms. The van der Waals surface area contributed by atoms with Crippen molar-refractivity contribution in [3.05, 3.63) is 36.4 Å². The molecule has 1 atom stereocenters. The number of ether oxygens (including phenoxy) is 1. The van der Waals surface area contributed by atoms with Gasteiger partial charge in [-0.05, 0) is 25.1 Å². The molecule has 0 bridgehead atoms. The molecule has 3 rings (SSSR count). The maximum absolute atomic E-state index is 11.9. The van der Waals surface area contributed by atoms with Crippen molar-refractivity contribution in [3.8, 4) is 5.75 Å². The lowest BCUT2D eigenvalue weighted by Gasteiger charge is -2.10. The van der Waals surface area contributed by atoms with Crippen LogP contribution in [-0.2, 0) is 4.79 Å². The highest BCUT2D eigenvalue weighted by molar-refractivity contribution is 5.92. The number of carbonyl (C=O) groups is 1. The molecular weight excluding hydrogens is 270 g/mol. The summed E-state index contributed by atoms with van der Waals surface area (Å²) in [7, 11) is 0. The Labute approximate surface area is 122 Å². The minimum Gasteiger partial charge on any atom is -0.482 e. The van der Waals surface area contributed by atoms with Crippen LogP contribution >= 0.6 is 0 Å². The van der Waals surface area contributed by atoms with E-state index in [0.29, 0.717) is 11.7 Å². The van der Waals surface area contributed by atoms with E-state index in [1.54, 1.807) is 30.7 Å². The second-order valence-corrected chi connectivity index (χ2v) is 4.91. The summed E-state index contributed by atoms with van der Waals surface area (Å²) in [6, 6.07) is 3.52. The Bertz CT molecular complexity index is 592. The van der Waals surface area contributed by atoms with E-state index >= 15 is 0 Å². The van der Waals surface area contributed by atoms with Gasteiger partial charge in [0, 0.05) is 18.7 Å². The summed E-state index contributed by atoms with van der Waals surface area (Å²) in [6.45, 7) is 1.83. The highest BCUT2D eigenvalue weighted by Gasteiger charge is 2.22. The number of rotatable bonds is 5. The summed E-state index contributed by atoms with van der Waals surface area (Å²) < 4.78 is 5.36. The van der Waals surface area contributed by atoms with Crippen LogP contribution in [0.5, 0.6) is 5.75 Å². The molecule has 1 aliphatic heterocycles. The molecule has 1 unspecified atom stereocenters. The van der Waals surface area contributed by atoms with E-state index in [1.165, 1.54) is 0 Å². The van der Waals surface area contributed by atoms with Crippen LogP contribution in [0.15, 0.2) is 30.7 Å². The molecule has 7 nitrogen and oxygen atoms in total. The lowest BCUT2D eigenvalue weighted by molar-refractivity contribution is -0.118. The third kappa shape index (κ3) is 3.38. The Kier molecular flexibility index (Phi) is 4.11. The summed E-state index contributed by atoms with van der Waals surface area (Å²) in [5.74, 6) is 0.717. The van der Waals surface area contributed by atoms with Crippen LogP contribution in [0.4, 0.5) is 5.69 Å². The molecule has 1 amide bonds. The summed E-state index contributed by atoms with van der Waals surface area (Å²) in [5, 5.41) is 13.1. The number of pyridine rings is 1. The van der Waals surface area contributed by atoms with E-state index < -0.39 is 0 Å². The fourth-order valence-corrected chi connectivity index (χ4v) is 2.38.